The number of carbonyl (C=O) groups excluding carboxylic acids is 1. The molecule has 18 heavy (non-hydrogen) atoms. The zero-order valence-corrected chi connectivity index (χ0v) is 10.5. The largest absolute Gasteiger partial charge is 0.342 e. The number of benzene rings is 1. The zero-order chi connectivity index (χ0) is 12.6. The molecule has 0 bridgehead atoms. The molecular formula is C15H18FNO. The minimum atomic E-state index is -0.268. The lowest BCUT2D eigenvalue weighted by Crippen LogP contribution is -2.39. The summed E-state index contributed by atoms with van der Waals surface area (Å²) < 4.78 is 13.0. The van der Waals surface area contributed by atoms with Crippen molar-refractivity contribution in [2.45, 2.75) is 32.1 Å². The van der Waals surface area contributed by atoms with Gasteiger partial charge in [-0.05, 0) is 48.8 Å². The van der Waals surface area contributed by atoms with Crippen LogP contribution in [0, 0.1) is 11.2 Å². The molecule has 1 aromatic carbocycles. The highest BCUT2D eigenvalue weighted by Crippen LogP contribution is 2.53. The summed E-state index contributed by atoms with van der Waals surface area (Å²) in [6.45, 7) is 1.77. The van der Waals surface area contributed by atoms with Crippen LogP contribution in [0.15, 0.2) is 24.3 Å². The highest BCUT2D eigenvalue weighted by Gasteiger charge is 2.44. The van der Waals surface area contributed by atoms with Crippen molar-refractivity contribution >= 4 is 5.91 Å². The van der Waals surface area contributed by atoms with Gasteiger partial charge in [-0.2, -0.15) is 0 Å². The van der Waals surface area contributed by atoms with Crippen LogP contribution in [-0.4, -0.2) is 23.9 Å². The number of carbonyl (C=O) groups is 1. The topological polar surface area (TPSA) is 20.3 Å². The van der Waals surface area contributed by atoms with E-state index in [1.54, 1.807) is 6.07 Å². The summed E-state index contributed by atoms with van der Waals surface area (Å²) >= 11 is 0. The summed E-state index contributed by atoms with van der Waals surface area (Å²) in [5, 5.41) is 0. The molecule has 2 aliphatic rings. The molecule has 1 spiro atoms. The fraction of sp³-hybridized carbons (Fsp3) is 0.533. The number of nitrogens with zero attached hydrogens (tertiary/aromatic N) is 1. The molecule has 96 valence electrons. The van der Waals surface area contributed by atoms with Crippen LogP contribution in [0.3, 0.4) is 0 Å². The second-order valence-corrected chi connectivity index (χ2v) is 5.69. The predicted octanol–water partition coefficient (Wildman–Crippen LogP) is 2.77. The van der Waals surface area contributed by atoms with E-state index < -0.39 is 0 Å². The Hall–Kier alpha value is -1.38. The van der Waals surface area contributed by atoms with Crippen LogP contribution in [-0.2, 0) is 11.2 Å². The van der Waals surface area contributed by atoms with Crippen LogP contribution in [0.4, 0.5) is 4.39 Å². The molecule has 2 nitrogen and oxygen atoms in total. The Morgan fingerprint density at radius 2 is 1.94 bits per heavy atom. The molecule has 1 saturated carbocycles. The molecule has 0 unspecified atom stereocenters. The van der Waals surface area contributed by atoms with Gasteiger partial charge in [0.2, 0.25) is 5.91 Å². The van der Waals surface area contributed by atoms with Gasteiger partial charge in [0.15, 0.2) is 0 Å². The molecule has 3 rings (SSSR count). The molecule has 1 aromatic rings. The SMILES string of the molecule is O=C(Cc1cccc(F)c1)N1CCC2(CC1)CC2. The predicted molar refractivity (Wildman–Crippen MR) is 67.6 cm³/mol. The van der Waals surface area contributed by atoms with Gasteiger partial charge in [-0.15, -0.1) is 0 Å². The minimum absolute atomic E-state index is 0.135. The van der Waals surface area contributed by atoms with Crippen molar-refractivity contribution in [3.63, 3.8) is 0 Å². The van der Waals surface area contributed by atoms with E-state index in [-0.39, 0.29) is 11.7 Å². The Labute approximate surface area is 107 Å². The van der Waals surface area contributed by atoms with Gasteiger partial charge in [-0.25, -0.2) is 4.39 Å². The molecule has 1 aliphatic carbocycles. The number of piperidine rings is 1. The zero-order valence-electron chi connectivity index (χ0n) is 10.5. The third-order valence-electron chi connectivity index (χ3n) is 4.38. The maximum Gasteiger partial charge on any atom is 0.226 e. The van der Waals surface area contributed by atoms with Crippen molar-refractivity contribution in [2.75, 3.05) is 13.1 Å². The highest BCUT2D eigenvalue weighted by atomic mass is 19.1. The first-order chi connectivity index (χ1) is 8.67. The van der Waals surface area contributed by atoms with Gasteiger partial charge >= 0.3 is 0 Å². The third-order valence-corrected chi connectivity index (χ3v) is 4.38. The summed E-state index contributed by atoms with van der Waals surface area (Å²) in [5.41, 5.74) is 1.36. The number of hydrogen-bond donors (Lipinski definition) is 0. The van der Waals surface area contributed by atoms with Crippen molar-refractivity contribution in [1.82, 2.24) is 4.90 Å². The van der Waals surface area contributed by atoms with Gasteiger partial charge < -0.3 is 4.90 Å². The summed E-state index contributed by atoms with van der Waals surface area (Å²) in [7, 11) is 0. The van der Waals surface area contributed by atoms with Gasteiger partial charge in [0.05, 0.1) is 6.42 Å². The van der Waals surface area contributed by atoms with Crippen LogP contribution < -0.4 is 0 Å². The molecule has 1 saturated heterocycles. The summed E-state index contributed by atoms with van der Waals surface area (Å²) in [6, 6.07) is 6.33. The van der Waals surface area contributed by atoms with Crippen molar-refractivity contribution < 1.29 is 9.18 Å². The first kappa shape index (κ1) is 11.7. The van der Waals surface area contributed by atoms with Crippen molar-refractivity contribution in [1.29, 1.82) is 0 Å². The van der Waals surface area contributed by atoms with Gasteiger partial charge in [0.25, 0.3) is 0 Å². The van der Waals surface area contributed by atoms with Gasteiger partial charge in [-0.1, -0.05) is 12.1 Å². The molecule has 0 N–H and O–H groups in total. The van der Waals surface area contributed by atoms with E-state index in [9.17, 15) is 9.18 Å². The Balaban J connectivity index is 1.58. The second kappa shape index (κ2) is 4.38. The van der Waals surface area contributed by atoms with Crippen molar-refractivity contribution in [2.24, 2.45) is 5.41 Å². The fourth-order valence-electron chi connectivity index (χ4n) is 2.84. The lowest BCUT2D eigenvalue weighted by molar-refractivity contribution is -0.132. The Morgan fingerprint density at radius 1 is 1.22 bits per heavy atom. The normalized spacial score (nSPS) is 21.1. The average Bonchev–Trinajstić information content (AvgIpc) is 3.09. The third kappa shape index (κ3) is 2.40. The van der Waals surface area contributed by atoms with Crippen LogP contribution >= 0.6 is 0 Å². The van der Waals surface area contributed by atoms with E-state index >= 15 is 0 Å². The lowest BCUT2D eigenvalue weighted by atomic mass is 9.93. The van der Waals surface area contributed by atoms with Crippen LogP contribution in [0.2, 0.25) is 0 Å². The number of amides is 1. The Bertz CT molecular complexity index is 457. The molecule has 0 radical (unpaired) electrons. The molecule has 3 heteroatoms. The van der Waals surface area contributed by atoms with E-state index in [4.69, 9.17) is 0 Å². The highest BCUT2D eigenvalue weighted by molar-refractivity contribution is 5.78. The van der Waals surface area contributed by atoms with Crippen molar-refractivity contribution in [3.05, 3.63) is 35.6 Å². The maximum absolute atomic E-state index is 13.0. The summed E-state index contributed by atoms with van der Waals surface area (Å²) in [4.78, 5) is 14.1. The van der Waals surface area contributed by atoms with Gasteiger partial charge in [-0.3, -0.25) is 4.79 Å². The fourth-order valence-corrected chi connectivity index (χ4v) is 2.84. The number of hydrogen-bond acceptors (Lipinski definition) is 1. The Morgan fingerprint density at radius 3 is 2.56 bits per heavy atom. The van der Waals surface area contributed by atoms with E-state index in [1.807, 2.05) is 11.0 Å². The first-order valence-electron chi connectivity index (χ1n) is 6.69. The number of likely N-dealkylation sites (tertiary alicyclic amines) is 1. The number of rotatable bonds is 2. The van der Waals surface area contributed by atoms with Crippen LogP contribution in [0.25, 0.3) is 0 Å². The van der Waals surface area contributed by atoms with Crippen molar-refractivity contribution in [3.8, 4) is 0 Å². The Kier molecular flexibility index (Phi) is 2.84. The van der Waals surface area contributed by atoms with Gasteiger partial charge in [0, 0.05) is 13.1 Å². The molecular weight excluding hydrogens is 229 g/mol. The molecule has 0 atom stereocenters. The number of halogens is 1. The molecule has 2 fully saturated rings. The molecule has 0 aromatic heterocycles. The quantitative estimate of drug-likeness (QED) is 0.787. The average molecular weight is 247 g/mol. The molecule has 1 heterocycles. The van der Waals surface area contributed by atoms with Gasteiger partial charge in [0.1, 0.15) is 5.82 Å². The standard InChI is InChI=1S/C15H18FNO/c16-13-3-1-2-12(10-13)11-14(18)17-8-6-15(4-5-15)7-9-17/h1-3,10H,4-9,11H2. The molecule has 1 aliphatic heterocycles. The van der Waals surface area contributed by atoms with Crippen LogP contribution in [0.1, 0.15) is 31.2 Å². The van der Waals surface area contributed by atoms with E-state index in [0.29, 0.717) is 11.8 Å². The second-order valence-electron chi connectivity index (χ2n) is 5.69. The lowest BCUT2D eigenvalue weighted by Gasteiger charge is -2.32. The molecule has 1 amide bonds. The monoisotopic (exact) mass is 247 g/mol. The van der Waals surface area contributed by atoms with E-state index in [0.717, 1.165) is 31.5 Å². The minimum Gasteiger partial charge on any atom is -0.342 e. The summed E-state index contributed by atoms with van der Waals surface area (Å²) in [6.07, 6.45) is 5.33. The summed E-state index contributed by atoms with van der Waals surface area (Å²) in [5.74, 6) is -0.132. The maximum atomic E-state index is 13.0. The van der Waals surface area contributed by atoms with E-state index in [2.05, 4.69) is 0 Å². The smallest absolute Gasteiger partial charge is 0.226 e. The van der Waals surface area contributed by atoms with Crippen LogP contribution in [0.5, 0.6) is 0 Å². The first-order valence-corrected chi connectivity index (χ1v) is 6.69. The van der Waals surface area contributed by atoms with E-state index in [1.165, 1.54) is 25.0 Å².